The van der Waals surface area contributed by atoms with Gasteiger partial charge in [0.2, 0.25) is 0 Å². The van der Waals surface area contributed by atoms with Crippen LogP contribution in [0.25, 0.3) is 0 Å². The molecule has 1 atom stereocenters. The Hall–Kier alpha value is -1.48. The normalized spacial score (nSPS) is 12.2. The van der Waals surface area contributed by atoms with Crippen molar-refractivity contribution in [3.63, 3.8) is 0 Å². The highest BCUT2D eigenvalue weighted by molar-refractivity contribution is 5.47. The molecule has 0 amide bonds. The Morgan fingerprint density at radius 3 is 2.16 bits per heavy atom. The summed E-state index contributed by atoms with van der Waals surface area (Å²) in [5.41, 5.74) is 8.16. The molecule has 3 N–H and O–H groups in total. The largest absolute Gasteiger partial charge is 0.511 e. The van der Waals surface area contributed by atoms with Crippen LogP contribution < -0.4 is 10.6 Å². The fourth-order valence-electron chi connectivity index (χ4n) is 2.12. The molecule has 1 aromatic rings. The summed E-state index contributed by atoms with van der Waals surface area (Å²) >= 11 is 0. The molecule has 19 heavy (non-hydrogen) atoms. The summed E-state index contributed by atoms with van der Waals surface area (Å²) in [6, 6.07) is 8.04. The molecule has 0 aliphatic heterocycles. The lowest BCUT2D eigenvalue weighted by atomic mass is 10.0. The van der Waals surface area contributed by atoms with Gasteiger partial charge < -0.3 is 15.7 Å². The zero-order valence-electron chi connectivity index (χ0n) is 12.1. The monoisotopic (exact) mass is 262 g/mol. The summed E-state index contributed by atoms with van der Waals surface area (Å²) in [6.45, 7) is 10.0. The van der Waals surface area contributed by atoms with Crippen LogP contribution >= 0.6 is 0 Å². The quantitative estimate of drug-likeness (QED) is 0.707. The van der Waals surface area contributed by atoms with Crippen molar-refractivity contribution in [2.45, 2.75) is 39.2 Å². The fraction of sp³-hybridized carbons (Fsp3) is 0.500. The van der Waals surface area contributed by atoms with E-state index in [0.29, 0.717) is 6.42 Å². The van der Waals surface area contributed by atoms with E-state index < -0.39 is 0 Å². The number of aliphatic hydroxyl groups excluding tert-OH is 1. The van der Waals surface area contributed by atoms with Crippen molar-refractivity contribution in [1.82, 2.24) is 0 Å². The zero-order valence-corrected chi connectivity index (χ0v) is 12.1. The van der Waals surface area contributed by atoms with Gasteiger partial charge in [-0.05, 0) is 37.0 Å². The SMILES string of the molecule is C=C(O)C(N)Cc1ccc(N(CCC)CCC)cc1. The van der Waals surface area contributed by atoms with Crippen molar-refractivity contribution < 1.29 is 5.11 Å². The molecule has 0 fully saturated rings. The third-order valence-electron chi connectivity index (χ3n) is 3.17. The maximum absolute atomic E-state index is 9.24. The number of nitrogens with two attached hydrogens (primary N) is 1. The second-order valence-corrected chi connectivity index (χ2v) is 4.96. The second-order valence-electron chi connectivity index (χ2n) is 4.96. The van der Waals surface area contributed by atoms with Crippen molar-refractivity contribution in [3.8, 4) is 0 Å². The van der Waals surface area contributed by atoms with E-state index in [9.17, 15) is 5.11 Å². The highest BCUT2D eigenvalue weighted by Gasteiger charge is 2.08. The number of rotatable bonds is 8. The number of aliphatic hydroxyl groups is 1. The fourth-order valence-corrected chi connectivity index (χ4v) is 2.12. The van der Waals surface area contributed by atoms with Gasteiger partial charge >= 0.3 is 0 Å². The summed E-state index contributed by atoms with van der Waals surface area (Å²) in [4.78, 5) is 2.40. The molecule has 1 rings (SSSR count). The number of hydrogen-bond donors (Lipinski definition) is 2. The summed E-state index contributed by atoms with van der Waals surface area (Å²) < 4.78 is 0. The van der Waals surface area contributed by atoms with Crippen LogP contribution in [0.4, 0.5) is 5.69 Å². The Balaban J connectivity index is 2.71. The Kier molecular flexibility index (Phi) is 6.43. The van der Waals surface area contributed by atoms with Gasteiger partial charge in [0.25, 0.3) is 0 Å². The first kappa shape index (κ1) is 15.6. The highest BCUT2D eigenvalue weighted by atomic mass is 16.3. The summed E-state index contributed by atoms with van der Waals surface area (Å²) in [6.07, 6.45) is 2.92. The van der Waals surface area contributed by atoms with E-state index in [4.69, 9.17) is 5.73 Å². The minimum Gasteiger partial charge on any atom is -0.511 e. The van der Waals surface area contributed by atoms with Crippen molar-refractivity contribution in [2.75, 3.05) is 18.0 Å². The molecule has 0 spiro atoms. The van der Waals surface area contributed by atoms with E-state index in [-0.39, 0.29) is 11.8 Å². The molecule has 0 bridgehead atoms. The highest BCUT2D eigenvalue weighted by Crippen LogP contribution is 2.17. The Labute approximate surface area is 116 Å². The van der Waals surface area contributed by atoms with E-state index in [0.717, 1.165) is 31.5 Å². The van der Waals surface area contributed by atoms with Crippen molar-refractivity contribution in [2.24, 2.45) is 5.73 Å². The van der Waals surface area contributed by atoms with Crippen LogP contribution in [0.1, 0.15) is 32.3 Å². The first-order valence-electron chi connectivity index (χ1n) is 7.05. The van der Waals surface area contributed by atoms with E-state index in [1.807, 2.05) is 0 Å². The van der Waals surface area contributed by atoms with Gasteiger partial charge in [-0.25, -0.2) is 0 Å². The zero-order chi connectivity index (χ0) is 14.3. The van der Waals surface area contributed by atoms with Gasteiger partial charge in [-0.3, -0.25) is 0 Å². The number of benzene rings is 1. The van der Waals surface area contributed by atoms with Crippen LogP contribution in [0.15, 0.2) is 36.6 Å². The standard InChI is InChI=1S/C16H26N2O/c1-4-10-18(11-5-2)15-8-6-14(7-9-15)12-16(17)13(3)19/h6-9,16,19H,3-5,10-12,17H2,1-2H3. The third kappa shape index (κ3) is 4.95. The van der Waals surface area contributed by atoms with Gasteiger partial charge in [-0.1, -0.05) is 32.6 Å². The Bertz CT molecular complexity index is 380. The predicted molar refractivity (Wildman–Crippen MR) is 82.7 cm³/mol. The molecular formula is C16H26N2O. The number of anilines is 1. The van der Waals surface area contributed by atoms with E-state index >= 15 is 0 Å². The van der Waals surface area contributed by atoms with Crippen molar-refractivity contribution >= 4 is 5.69 Å². The van der Waals surface area contributed by atoms with Gasteiger partial charge in [0, 0.05) is 18.8 Å². The molecule has 1 unspecified atom stereocenters. The average molecular weight is 262 g/mol. The average Bonchev–Trinajstić information content (AvgIpc) is 2.39. The lowest BCUT2D eigenvalue weighted by molar-refractivity contribution is 0.368. The molecule has 0 aliphatic rings. The molecule has 3 nitrogen and oxygen atoms in total. The number of hydrogen-bond acceptors (Lipinski definition) is 3. The van der Waals surface area contributed by atoms with Crippen molar-refractivity contribution in [1.29, 1.82) is 0 Å². The first-order chi connectivity index (χ1) is 9.08. The van der Waals surface area contributed by atoms with Crippen LogP contribution in [0, 0.1) is 0 Å². The maximum Gasteiger partial charge on any atom is 0.102 e. The maximum atomic E-state index is 9.24. The van der Waals surface area contributed by atoms with Gasteiger partial charge in [0.15, 0.2) is 0 Å². The van der Waals surface area contributed by atoms with Crippen LogP contribution in [-0.2, 0) is 6.42 Å². The molecule has 0 aromatic heterocycles. The molecule has 0 saturated heterocycles. The molecule has 106 valence electrons. The van der Waals surface area contributed by atoms with Gasteiger partial charge in [0.05, 0.1) is 6.04 Å². The van der Waals surface area contributed by atoms with Crippen molar-refractivity contribution in [3.05, 3.63) is 42.2 Å². The predicted octanol–water partition coefficient (Wildman–Crippen LogP) is 3.25. The molecule has 0 saturated carbocycles. The molecule has 0 aliphatic carbocycles. The van der Waals surface area contributed by atoms with E-state index in [2.05, 4.69) is 49.6 Å². The molecule has 0 heterocycles. The van der Waals surface area contributed by atoms with Crippen LogP contribution in [0.5, 0.6) is 0 Å². The second kappa shape index (κ2) is 7.85. The lowest BCUT2D eigenvalue weighted by Gasteiger charge is -2.24. The first-order valence-corrected chi connectivity index (χ1v) is 7.05. The molecule has 0 radical (unpaired) electrons. The Morgan fingerprint density at radius 2 is 1.74 bits per heavy atom. The van der Waals surface area contributed by atoms with Crippen LogP contribution in [0.2, 0.25) is 0 Å². The summed E-state index contributed by atoms with van der Waals surface area (Å²) in [7, 11) is 0. The van der Waals surface area contributed by atoms with Crippen LogP contribution in [-0.4, -0.2) is 24.2 Å². The molecular weight excluding hydrogens is 236 g/mol. The third-order valence-corrected chi connectivity index (χ3v) is 3.17. The minimum absolute atomic E-state index is 0.0441. The van der Waals surface area contributed by atoms with E-state index in [1.54, 1.807) is 0 Å². The smallest absolute Gasteiger partial charge is 0.102 e. The van der Waals surface area contributed by atoms with Gasteiger partial charge in [-0.2, -0.15) is 0 Å². The van der Waals surface area contributed by atoms with E-state index in [1.165, 1.54) is 5.69 Å². The van der Waals surface area contributed by atoms with Gasteiger partial charge in [0.1, 0.15) is 5.76 Å². The minimum atomic E-state index is -0.381. The topological polar surface area (TPSA) is 49.5 Å². The molecule has 3 heteroatoms. The Morgan fingerprint density at radius 1 is 1.21 bits per heavy atom. The molecule has 1 aromatic carbocycles. The summed E-state index contributed by atoms with van der Waals surface area (Å²) in [5.74, 6) is 0.0441. The van der Waals surface area contributed by atoms with Gasteiger partial charge in [-0.15, -0.1) is 0 Å². The summed E-state index contributed by atoms with van der Waals surface area (Å²) in [5, 5.41) is 9.24. The number of nitrogens with zero attached hydrogens (tertiary/aromatic N) is 1. The lowest BCUT2D eigenvalue weighted by Crippen LogP contribution is -2.25. The van der Waals surface area contributed by atoms with Crippen LogP contribution in [0.3, 0.4) is 0 Å².